The van der Waals surface area contributed by atoms with Crippen molar-refractivity contribution in [2.75, 3.05) is 6.61 Å². The number of aliphatic hydroxyl groups excluding tert-OH is 1. The fraction of sp³-hybridized carbons (Fsp3) is 0.769. The molecular weight excluding hydrogens is 252 g/mol. The maximum absolute atomic E-state index is 10.1. The molecule has 2 unspecified atom stereocenters. The lowest BCUT2D eigenvalue weighted by Crippen LogP contribution is -2.16. The van der Waals surface area contributed by atoms with Gasteiger partial charge in [0.05, 0.1) is 28.6 Å². The normalized spacial score (nSPS) is 21.4. The van der Waals surface area contributed by atoms with Crippen molar-refractivity contribution < 1.29 is 9.84 Å². The Labute approximate surface area is 113 Å². The predicted molar refractivity (Wildman–Crippen MR) is 70.9 cm³/mol. The van der Waals surface area contributed by atoms with Gasteiger partial charge in [-0.2, -0.15) is 5.10 Å². The smallest absolute Gasteiger partial charge is 0.0847 e. The van der Waals surface area contributed by atoms with Crippen molar-refractivity contribution in [2.45, 2.75) is 51.2 Å². The third kappa shape index (κ3) is 3.25. The molecule has 4 nitrogen and oxygen atoms in total. The molecule has 2 heterocycles. The van der Waals surface area contributed by atoms with Gasteiger partial charge in [-0.25, -0.2) is 0 Å². The molecule has 0 saturated carbocycles. The van der Waals surface area contributed by atoms with Gasteiger partial charge in [0.15, 0.2) is 0 Å². The first-order valence-electron chi connectivity index (χ1n) is 6.55. The second kappa shape index (κ2) is 6.04. The number of aliphatic hydroxyl groups is 1. The summed E-state index contributed by atoms with van der Waals surface area (Å²) >= 11 is 6.17. The van der Waals surface area contributed by atoms with E-state index < -0.39 is 0 Å². The quantitative estimate of drug-likeness (QED) is 0.894. The summed E-state index contributed by atoms with van der Waals surface area (Å²) < 4.78 is 7.31. The monoisotopic (exact) mass is 272 g/mol. The van der Waals surface area contributed by atoms with E-state index in [4.69, 9.17) is 16.3 Å². The molecule has 1 aromatic heterocycles. The molecule has 1 aliphatic heterocycles. The Morgan fingerprint density at radius 3 is 2.94 bits per heavy atom. The Kier molecular flexibility index (Phi) is 4.65. The van der Waals surface area contributed by atoms with Gasteiger partial charge < -0.3 is 9.84 Å². The average Bonchev–Trinajstić information content (AvgIpc) is 2.92. The number of aryl methyl sites for hydroxylation is 2. The van der Waals surface area contributed by atoms with Gasteiger partial charge >= 0.3 is 0 Å². The highest BCUT2D eigenvalue weighted by molar-refractivity contribution is 6.31. The Morgan fingerprint density at radius 1 is 1.61 bits per heavy atom. The van der Waals surface area contributed by atoms with Gasteiger partial charge in [-0.15, -0.1) is 0 Å². The van der Waals surface area contributed by atoms with Crippen LogP contribution in [-0.2, 0) is 18.2 Å². The Bertz CT molecular complexity index is 400. The van der Waals surface area contributed by atoms with Crippen molar-refractivity contribution in [1.82, 2.24) is 9.78 Å². The van der Waals surface area contributed by atoms with Crippen LogP contribution in [0.5, 0.6) is 0 Å². The zero-order chi connectivity index (χ0) is 13.1. The van der Waals surface area contributed by atoms with Crippen LogP contribution >= 0.6 is 11.6 Å². The highest BCUT2D eigenvalue weighted by atomic mass is 35.5. The van der Waals surface area contributed by atoms with Gasteiger partial charge in [0.25, 0.3) is 0 Å². The maximum atomic E-state index is 10.1. The summed E-state index contributed by atoms with van der Waals surface area (Å²) in [5.74, 6) is 0. The van der Waals surface area contributed by atoms with Crippen molar-refractivity contribution in [2.24, 2.45) is 7.05 Å². The van der Waals surface area contributed by atoms with Gasteiger partial charge in [0.1, 0.15) is 0 Å². The van der Waals surface area contributed by atoms with E-state index >= 15 is 0 Å². The molecule has 5 heteroatoms. The summed E-state index contributed by atoms with van der Waals surface area (Å²) in [6, 6.07) is 0. The average molecular weight is 273 g/mol. The first-order chi connectivity index (χ1) is 8.58. The van der Waals surface area contributed by atoms with Crippen LogP contribution in [-0.4, -0.2) is 33.7 Å². The van der Waals surface area contributed by atoms with E-state index in [1.54, 1.807) is 4.68 Å². The van der Waals surface area contributed by atoms with Crippen LogP contribution in [0.3, 0.4) is 0 Å². The van der Waals surface area contributed by atoms with Gasteiger partial charge in [0.2, 0.25) is 0 Å². The van der Waals surface area contributed by atoms with Crippen LogP contribution in [0.15, 0.2) is 0 Å². The molecule has 1 N–H and O–H groups in total. The van der Waals surface area contributed by atoms with Gasteiger partial charge in [-0.3, -0.25) is 4.68 Å². The van der Waals surface area contributed by atoms with E-state index in [1.807, 2.05) is 14.0 Å². The lowest BCUT2D eigenvalue weighted by molar-refractivity contribution is 0.0808. The Balaban J connectivity index is 1.84. The minimum Gasteiger partial charge on any atom is -0.393 e. The van der Waals surface area contributed by atoms with Crippen molar-refractivity contribution in [1.29, 1.82) is 0 Å². The summed E-state index contributed by atoms with van der Waals surface area (Å²) in [6.07, 6.45) is 4.47. The molecule has 0 bridgehead atoms. The molecule has 0 radical (unpaired) electrons. The SMILES string of the molecule is Cc1nn(C)c(CC(O)CCC2CCCO2)c1Cl. The molecule has 2 rings (SSSR count). The Hall–Kier alpha value is -0.580. The third-order valence-corrected chi connectivity index (χ3v) is 4.03. The van der Waals surface area contributed by atoms with E-state index in [2.05, 4.69) is 5.10 Å². The summed E-state index contributed by atoms with van der Waals surface area (Å²) in [5.41, 5.74) is 1.73. The minimum absolute atomic E-state index is 0.336. The van der Waals surface area contributed by atoms with Crippen LogP contribution < -0.4 is 0 Å². The van der Waals surface area contributed by atoms with Crippen molar-refractivity contribution in [3.63, 3.8) is 0 Å². The standard InChI is InChI=1S/C13H21ClN2O2/c1-9-13(14)12(16(2)15-9)8-10(17)5-6-11-4-3-7-18-11/h10-11,17H,3-8H2,1-2H3. The molecule has 1 aliphatic rings. The highest BCUT2D eigenvalue weighted by Gasteiger charge is 2.19. The second-order valence-corrected chi connectivity index (χ2v) is 5.42. The molecule has 0 amide bonds. The van der Waals surface area contributed by atoms with Crippen LogP contribution in [0.2, 0.25) is 5.02 Å². The first kappa shape index (κ1) is 13.8. The number of hydrogen-bond donors (Lipinski definition) is 1. The summed E-state index contributed by atoms with van der Waals surface area (Å²) in [7, 11) is 1.86. The molecule has 18 heavy (non-hydrogen) atoms. The Morgan fingerprint density at radius 2 is 2.39 bits per heavy atom. The van der Waals surface area contributed by atoms with Crippen molar-refractivity contribution in [3.8, 4) is 0 Å². The summed E-state index contributed by atoms with van der Waals surface area (Å²) in [5, 5.41) is 15.0. The molecule has 0 aliphatic carbocycles. The lowest BCUT2D eigenvalue weighted by atomic mass is 10.0. The number of rotatable bonds is 5. The van der Waals surface area contributed by atoms with Crippen LogP contribution in [0.25, 0.3) is 0 Å². The van der Waals surface area contributed by atoms with Gasteiger partial charge in [0, 0.05) is 20.1 Å². The predicted octanol–water partition coefficient (Wildman–Crippen LogP) is 2.24. The highest BCUT2D eigenvalue weighted by Crippen LogP contribution is 2.23. The molecule has 1 fully saturated rings. The molecule has 2 atom stereocenters. The topological polar surface area (TPSA) is 47.3 Å². The molecule has 1 aromatic rings. The zero-order valence-corrected chi connectivity index (χ0v) is 11.8. The summed E-state index contributed by atoms with van der Waals surface area (Å²) in [4.78, 5) is 0. The fourth-order valence-electron chi connectivity index (χ4n) is 2.48. The van der Waals surface area contributed by atoms with Crippen molar-refractivity contribution in [3.05, 3.63) is 16.4 Å². The van der Waals surface area contributed by atoms with E-state index in [1.165, 1.54) is 0 Å². The van der Waals surface area contributed by atoms with Crippen LogP contribution in [0.1, 0.15) is 37.1 Å². The number of nitrogens with zero attached hydrogens (tertiary/aromatic N) is 2. The zero-order valence-electron chi connectivity index (χ0n) is 11.0. The van der Waals surface area contributed by atoms with E-state index in [0.717, 1.165) is 43.7 Å². The van der Waals surface area contributed by atoms with Crippen LogP contribution in [0.4, 0.5) is 0 Å². The number of halogens is 1. The summed E-state index contributed by atoms with van der Waals surface area (Å²) in [6.45, 7) is 2.75. The molecule has 102 valence electrons. The van der Waals surface area contributed by atoms with E-state index in [-0.39, 0.29) is 6.10 Å². The maximum Gasteiger partial charge on any atom is 0.0847 e. The number of aromatic nitrogens is 2. The first-order valence-corrected chi connectivity index (χ1v) is 6.93. The van der Waals surface area contributed by atoms with E-state index in [0.29, 0.717) is 17.5 Å². The molecule has 0 spiro atoms. The fourth-order valence-corrected chi connectivity index (χ4v) is 2.71. The minimum atomic E-state index is -0.374. The largest absolute Gasteiger partial charge is 0.393 e. The van der Waals surface area contributed by atoms with Crippen molar-refractivity contribution >= 4 is 11.6 Å². The second-order valence-electron chi connectivity index (χ2n) is 5.04. The van der Waals surface area contributed by atoms with Gasteiger partial charge in [-0.1, -0.05) is 11.6 Å². The van der Waals surface area contributed by atoms with Crippen LogP contribution in [0, 0.1) is 6.92 Å². The molecule has 1 saturated heterocycles. The molecule has 0 aromatic carbocycles. The number of hydrogen-bond acceptors (Lipinski definition) is 3. The van der Waals surface area contributed by atoms with Gasteiger partial charge in [-0.05, 0) is 32.6 Å². The molecular formula is C13H21ClN2O2. The lowest BCUT2D eigenvalue weighted by Gasteiger charge is -2.14. The van der Waals surface area contributed by atoms with E-state index in [9.17, 15) is 5.11 Å². The number of ether oxygens (including phenoxy) is 1. The third-order valence-electron chi connectivity index (χ3n) is 3.54.